The molecule has 0 bridgehead atoms. The summed E-state index contributed by atoms with van der Waals surface area (Å²) in [6.07, 6.45) is 1.76. The predicted octanol–water partition coefficient (Wildman–Crippen LogP) is 2.47. The molecule has 2 aromatic rings. The van der Waals surface area contributed by atoms with Gasteiger partial charge in [-0.3, -0.25) is 0 Å². The van der Waals surface area contributed by atoms with Crippen LogP contribution in [0.1, 0.15) is 0 Å². The van der Waals surface area contributed by atoms with Crippen LogP contribution in [0.3, 0.4) is 0 Å². The van der Waals surface area contributed by atoms with E-state index in [1.54, 1.807) is 17.5 Å². The number of nitrogens with zero attached hydrogens (tertiary/aromatic N) is 1. The van der Waals surface area contributed by atoms with Crippen molar-refractivity contribution in [3.05, 3.63) is 35.8 Å². The Morgan fingerprint density at radius 3 is 3.00 bits per heavy atom. The first-order valence-electron chi connectivity index (χ1n) is 3.87. The fourth-order valence-electron chi connectivity index (χ4n) is 1.03. The van der Waals surface area contributed by atoms with Gasteiger partial charge in [0.05, 0.1) is 0 Å². The van der Waals surface area contributed by atoms with Gasteiger partial charge in [-0.25, -0.2) is 4.98 Å². The zero-order valence-electron chi connectivity index (χ0n) is 6.90. The molecule has 4 heteroatoms. The normalized spacial score (nSPS) is 9.85. The first kappa shape index (κ1) is 8.07. The third-order valence-corrected chi connectivity index (χ3v) is 2.26. The highest BCUT2D eigenvalue weighted by molar-refractivity contribution is 7.13. The fraction of sp³-hybridized carbons (Fsp3) is 0. The first-order valence-corrected chi connectivity index (χ1v) is 4.74. The van der Waals surface area contributed by atoms with Crippen molar-refractivity contribution < 1.29 is 0 Å². The zero-order chi connectivity index (χ0) is 9.10. The van der Waals surface area contributed by atoms with Gasteiger partial charge in [0.1, 0.15) is 0 Å². The summed E-state index contributed by atoms with van der Waals surface area (Å²) in [6, 6.07) is 7.59. The smallest absolute Gasteiger partial charge is 0.187 e. The molecule has 0 amide bonds. The second kappa shape index (κ2) is 3.45. The summed E-state index contributed by atoms with van der Waals surface area (Å²) in [4.78, 5) is 4.11. The molecule has 3 N–H and O–H groups in total. The van der Waals surface area contributed by atoms with Crippen LogP contribution >= 0.6 is 11.3 Å². The van der Waals surface area contributed by atoms with E-state index < -0.39 is 0 Å². The Morgan fingerprint density at radius 2 is 2.31 bits per heavy atom. The molecule has 0 aliphatic carbocycles. The van der Waals surface area contributed by atoms with Crippen LogP contribution in [-0.2, 0) is 0 Å². The summed E-state index contributed by atoms with van der Waals surface area (Å²) >= 11 is 1.56. The molecule has 13 heavy (non-hydrogen) atoms. The van der Waals surface area contributed by atoms with Gasteiger partial charge in [-0.05, 0) is 18.2 Å². The molecule has 0 saturated heterocycles. The number of thiazole rings is 1. The van der Waals surface area contributed by atoms with E-state index in [9.17, 15) is 0 Å². The minimum absolute atomic E-state index is 0.751. The van der Waals surface area contributed by atoms with Crippen LogP contribution in [0.4, 0.5) is 16.5 Å². The number of nitrogens with one attached hydrogen (secondary N) is 1. The van der Waals surface area contributed by atoms with E-state index in [1.165, 1.54) is 0 Å². The Balaban J connectivity index is 2.19. The molecule has 0 atom stereocenters. The Labute approximate surface area is 80.2 Å². The molecule has 0 radical (unpaired) electrons. The largest absolute Gasteiger partial charge is 0.399 e. The lowest BCUT2D eigenvalue weighted by molar-refractivity contribution is 1.39. The van der Waals surface area contributed by atoms with Crippen LogP contribution < -0.4 is 11.1 Å². The summed E-state index contributed by atoms with van der Waals surface area (Å²) in [5.41, 5.74) is 7.35. The van der Waals surface area contributed by atoms with Crippen molar-refractivity contribution in [3.63, 3.8) is 0 Å². The molecule has 0 aliphatic rings. The van der Waals surface area contributed by atoms with Gasteiger partial charge in [0, 0.05) is 23.0 Å². The lowest BCUT2D eigenvalue weighted by Crippen LogP contribution is -1.90. The third kappa shape index (κ3) is 1.97. The quantitative estimate of drug-likeness (QED) is 0.717. The number of nitrogens with two attached hydrogens (primary N) is 1. The molecule has 0 unspecified atom stereocenters. The molecule has 1 aromatic heterocycles. The Kier molecular flexibility index (Phi) is 2.14. The monoisotopic (exact) mass is 191 g/mol. The van der Waals surface area contributed by atoms with Gasteiger partial charge in [-0.15, -0.1) is 11.3 Å². The van der Waals surface area contributed by atoms with Crippen molar-refractivity contribution in [3.8, 4) is 0 Å². The third-order valence-electron chi connectivity index (χ3n) is 1.57. The van der Waals surface area contributed by atoms with E-state index in [0.717, 1.165) is 16.5 Å². The molecule has 66 valence electrons. The second-order valence-corrected chi connectivity index (χ2v) is 3.48. The molecule has 1 aromatic carbocycles. The van der Waals surface area contributed by atoms with Crippen molar-refractivity contribution in [2.75, 3.05) is 11.1 Å². The molecular formula is C9H9N3S. The average molecular weight is 191 g/mol. The highest BCUT2D eigenvalue weighted by Gasteiger charge is 1.95. The number of rotatable bonds is 2. The van der Waals surface area contributed by atoms with Gasteiger partial charge in [-0.2, -0.15) is 0 Å². The number of hydrogen-bond acceptors (Lipinski definition) is 4. The van der Waals surface area contributed by atoms with E-state index in [0.29, 0.717) is 0 Å². The van der Waals surface area contributed by atoms with Crippen LogP contribution in [0.5, 0.6) is 0 Å². The van der Waals surface area contributed by atoms with E-state index in [-0.39, 0.29) is 0 Å². The number of benzene rings is 1. The summed E-state index contributed by atoms with van der Waals surface area (Å²) in [7, 11) is 0. The van der Waals surface area contributed by atoms with Crippen molar-refractivity contribution >= 4 is 27.8 Å². The molecule has 2 rings (SSSR count). The predicted molar refractivity (Wildman–Crippen MR) is 56.3 cm³/mol. The lowest BCUT2D eigenvalue weighted by Gasteiger charge is -2.02. The van der Waals surface area contributed by atoms with E-state index >= 15 is 0 Å². The van der Waals surface area contributed by atoms with E-state index in [1.807, 2.05) is 29.6 Å². The summed E-state index contributed by atoms with van der Waals surface area (Å²) in [6.45, 7) is 0. The van der Waals surface area contributed by atoms with Crippen LogP contribution in [-0.4, -0.2) is 4.98 Å². The standard InChI is InChI=1S/C9H9N3S/c10-7-2-1-3-8(6-7)12-9-11-4-5-13-9/h1-6H,10H2,(H,11,12). The van der Waals surface area contributed by atoms with Crippen LogP contribution in [0.25, 0.3) is 0 Å². The topological polar surface area (TPSA) is 50.9 Å². The van der Waals surface area contributed by atoms with Gasteiger partial charge in [0.2, 0.25) is 0 Å². The second-order valence-electron chi connectivity index (χ2n) is 2.59. The minimum atomic E-state index is 0.751. The highest BCUT2D eigenvalue weighted by atomic mass is 32.1. The molecule has 0 fully saturated rings. The maximum Gasteiger partial charge on any atom is 0.187 e. The van der Waals surface area contributed by atoms with Gasteiger partial charge in [-0.1, -0.05) is 6.07 Å². The summed E-state index contributed by atoms with van der Waals surface area (Å²) < 4.78 is 0. The van der Waals surface area contributed by atoms with E-state index in [2.05, 4.69) is 10.3 Å². The Hall–Kier alpha value is -1.55. The van der Waals surface area contributed by atoms with Crippen molar-refractivity contribution in [1.82, 2.24) is 4.98 Å². The molecular weight excluding hydrogens is 182 g/mol. The van der Waals surface area contributed by atoms with Crippen LogP contribution in [0.2, 0.25) is 0 Å². The number of aromatic nitrogens is 1. The average Bonchev–Trinajstić information content (AvgIpc) is 2.57. The maximum atomic E-state index is 5.63. The Bertz CT molecular complexity index is 384. The van der Waals surface area contributed by atoms with Crippen molar-refractivity contribution in [2.45, 2.75) is 0 Å². The molecule has 0 spiro atoms. The summed E-state index contributed by atoms with van der Waals surface area (Å²) in [5.74, 6) is 0. The molecule has 1 heterocycles. The maximum absolute atomic E-state index is 5.63. The molecule has 0 aliphatic heterocycles. The Morgan fingerprint density at radius 1 is 1.38 bits per heavy atom. The van der Waals surface area contributed by atoms with Gasteiger partial charge >= 0.3 is 0 Å². The fourth-order valence-corrected chi connectivity index (χ4v) is 1.57. The van der Waals surface area contributed by atoms with E-state index in [4.69, 9.17) is 5.73 Å². The SMILES string of the molecule is Nc1cccc(Nc2nccs2)c1. The van der Waals surface area contributed by atoms with Gasteiger partial charge < -0.3 is 11.1 Å². The molecule has 0 saturated carbocycles. The van der Waals surface area contributed by atoms with Crippen LogP contribution in [0.15, 0.2) is 35.8 Å². The minimum Gasteiger partial charge on any atom is -0.399 e. The van der Waals surface area contributed by atoms with Crippen molar-refractivity contribution in [2.24, 2.45) is 0 Å². The highest BCUT2D eigenvalue weighted by Crippen LogP contribution is 2.19. The first-order chi connectivity index (χ1) is 6.34. The number of anilines is 3. The zero-order valence-corrected chi connectivity index (χ0v) is 7.71. The molecule has 3 nitrogen and oxygen atoms in total. The number of nitrogen functional groups attached to an aromatic ring is 1. The lowest BCUT2D eigenvalue weighted by atomic mass is 10.3. The van der Waals surface area contributed by atoms with Crippen LogP contribution in [0, 0.1) is 0 Å². The van der Waals surface area contributed by atoms with Gasteiger partial charge in [0.25, 0.3) is 0 Å². The summed E-state index contributed by atoms with van der Waals surface area (Å²) in [5, 5.41) is 5.96. The van der Waals surface area contributed by atoms with Gasteiger partial charge in [0.15, 0.2) is 5.13 Å². The van der Waals surface area contributed by atoms with Crippen molar-refractivity contribution in [1.29, 1.82) is 0 Å². The number of hydrogen-bond donors (Lipinski definition) is 2.